The molecule has 0 amide bonds. The van der Waals surface area contributed by atoms with Gasteiger partial charge in [-0.3, -0.25) is 4.57 Å². The minimum absolute atomic E-state index is 0.1000. The molecule has 0 spiro atoms. The number of ether oxygens (including phenoxy) is 1. The second-order valence-electron chi connectivity index (χ2n) is 3.76. The highest BCUT2D eigenvalue weighted by Crippen LogP contribution is 2.27. The number of imidazole rings is 1. The first-order chi connectivity index (χ1) is 6.74. The van der Waals surface area contributed by atoms with Crippen LogP contribution in [-0.4, -0.2) is 16.2 Å². The first-order valence-electron chi connectivity index (χ1n) is 5.19. The summed E-state index contributed by atoms with van der Waals surface area (Å²) in [4.78, 5) is 4.36. The van der Waals surface area contributed by atoms with Crippen LogP contribution in [0.2, 0.25) is 0 Å². The van der Waals surface area contributed by atoms with Gasteiger partial charge in [0.15, 0.2) is 0 Å². The molecule has 0 aromatic carbocycles. The Bertz CT molecular complexity index is 332. The molecule has 1 aromatic heterocycles. The number of fused-ring (bicyclic) bond motifs is 1. The third kappa shape index (κ3) is 1.39. The largest absolute Gasteiger partial charge is 0.463 e. The molecular formula is C10H17N3O. The molecule has 0 fully saturated rings. The van der Waals surface area contributed by atoms with E-state index in [1.165, 1.54) is 0 Å². The van der Waals surface area contributed by atoms with Gasteiger partial charge in [0.05, 0.1) is 17.9 Å². The number of nitrogens with zero attached hydrogens (tertiary/aromatic N) is 2. The summed E-state index contributed by atoms with van der Waals surface area (Å²) in [6, 6.07) is 0.840. The van der Waals surface area contributed by atoms with Gasteiger partial charge in [0, 0.05) is 6.04 Å². The van der Waals surface area contributed by atoms with Crippen LogP contribution >= 0.6 is 0 Å². The Hall–Kier alpha value is -1.03. The molecule has 1 unspecified atom stereocenters. The third-order valence-corrected chi connectivity index (χ3v) is 2.65. The fourth-order valence-electron chi connectivity index (χ4n) is 2.03. The van der Waals surface area contributed by atoms with Gasteiger partial charge in [0.25, 0.3) is 6.01 Å². The summed E-state index contributed by atoms with van der Waals surface area (Å²) in [6.45, 7) is 5.77. The molecular weight excluding hydrogens is 178 g/mol. The number of hydrogen-bond donors (Lipinski definition) is 1. The van der Waals surface area contributed by atoms with Gasteiger partial charge in [-0.25, -0.2) is 4.98 Å². The lowest BCUT2D eigenvalue weighted by Gasteiger charge is -2.12. The Morgan fingerprint density at radius 2 is 2.43 bits per heavy atom. The monoisotopic (exact) mass is 195 g/mol. The summed E-state index contributed by atoms with van der Waals surface area (Å²) in [7, 11) is 0. The third-order valence-electron chi connectivity index (χ3n) is 2.65. The van der Waals surface area contributed by atoms with E-state index in [1.807, 2.05) is 6.92 Å². The van der Waals surface area contributed by atoms with Crippen LogP contribution in [0.15, 0.2) is 0 Å². The molecule has 0 aliphatic carbocycles. The lowest BCUT2D eigenvalue weighted by Crippen LogP contribution is -2.15. The summed E-state index contributed by atoms with van der Waals surface area (Å²) < 4.78 is 7.49. The number of aromatic nitrogens is 2. The van der Waals surface area contributed by atoms with E-state index >= 15 is 0 Å². The van der Waals surface area contributed by atoms with Gasteiger partial charge >= 0.3 is 0 Å². The van der Waals surface area contributed by atoms with Crippen molar-refractivity contribution in [2.45, 2.75) is 39.3 Å². The van der Waals surface area contributed by atoms with Gasteiger partial charge in [-0.15, -0.1) is 0 Å². The van der Waals surface area contributed by atoms with Crippen molar-refractivity contribution in [1.29, 1.82) is 0 Å². The Balaban J connectivity index is 2.32. The molecule has 2 rings (SSSR count). The van der Waals surface area contributed by atoms with Crippen LogP contribution in [-0.2, 0) is 6.54 Å². The van der Waals surface area contributed by atoms with Crippen molar-refractivity contribution in [3.05, 3.63) is 11.4 Å². The SMILES string of the molecule is CCCC(N)c1c(C)nc2n1CCO2. The van der Waals surface area contributed by atoms with Crippen molar-refractivity contribution in [2.24, 2.45) is 5.73 Å². The topological polar surface area (TPSA) is 53.1 Å². The zero-order valence-electron chi connectivity index (χ0n) is 8.79. The van der Waals surface area contributed by atoms with Crippen molar-refractivity contribution in [3.8, 4) is 6.01 Å². The Morgan fingerprint density at radius 3 is 3.14 bits per heavy atom. The summed E-state index contributed by atoms with van der Waals surface area (Å²) in [5, 5.41) is 0. The van der Waals surface area contributed by atoms with E-state index in [4.69, 9.17) is 10.5 Å². The summed E-state index contributed by atoms with van der Waals surface area (Å²) in [5.74, 6) is 0. The van der Waals surface area contributed by atoms with Gasteiger partial charge in [-0.1, -0.05) is 13.3 Å². The quantitative estimate of drug-likeness (QED) is 0.792. The van der Waals surface area contributed by atoms with E-state index in [1.54, 1.807) is 0 Å². The average molecular weight is 195 g/mol. The maximum absolute atomic E-state index is 6.11. The molecule has 1 aliphatic heterocycles. The van der Waals surface area contributed by atoms with Gasteiger partial charge in [-0.05, 0) is 13.3 Å². The van der Waals surface area contributed by atoms with E-state index in [9.17, 15) is 0 Å². The molecule has 0 saturated heterocycles. The average Bonchev–Trinajstić information content (AvgIpc) is 2.63. The molecule has 4 heteroatoms. The summed E-state index contributed by atoms with van der Waals surface area (Å²) in [5.41, 5.74) is 8.27. The molecule has 14 heavy (non-hydrogen) atoms. The molecule has 1 aromatic rings. The second-order valence-corrected chi connectivity index (χ2v) is 3.76. The number of aryl methyl sites for hydroxylation is 1. The molecule has 2 N–H and O–H groups in total. The van der Waals surface area contributed by atoms with Crippen molar-refractivity contribution in [3.63, 3.8) is 0 Å². The molecule has 4 nitrogen and oxygen atoms in total. The minimum Gasteiger partial charge on any atom is -0.463 e. The molecule has 0 radical (unpaired) electrons. The Morgan fingerprint density at radius 1 is 1.64 bits per heavy atom. The van der Waals surface area contributed by atoms with Crippen molar-refractivity contribution < 1.29 is 4.74 Å². The first-order valence-corrected chi connectivity index (χ1v) is 5.19. The predicted molar refractivity (Wildman–Crippen MR) is 54.3 cm³/mol. The lowest BCUT2D eigenvalue weighted by molar-refractivity contribution is 0.344. The maximum Gasteiger partial charge on any atom is 0.296 e. The minimum atomic E-state index is 0.1000. The fraction of sp³-hybridized carbons (Fsp3) is 0.700. The van der Waals surface area contributed by atoms with Crippen LogP contribution in [0.25, 0.3) is 0 Å². The van der Waals surface area contributed by atoms with E-state index in [0.29, 0.717) is 0 Å². The highest BCUT2D eigenvalue weighted by molar-refractivity contribution is 5.23. The van der Waals surface area contributed by atoms with Gasteiger partial charge < -0.3 is 10.5 Å². The zero-order valence-corrected chi connectivity index (χ0v) is 8.79. The van der Waals surface area contributed by atoms with Crippen LogP contribution in [0.4, 0.5) is 0 Å². The highest BCUT2D eigenvalue weighted by Gasteiger charge is 2.23. The Kier molecular flexibility index (Phi) is 2.46. The smallest absolute Gasteiger partial charge is 0.296 e. The summed E-state index contributed by atoms with van der Waals surface area (Å²) in [6.07, 6.45) is 2.11. The maximum atomic E-state index is 6.11. The first kappa shape index (κ1) is 9.52. The van der Waals surface area contributed by atoms with E-state index in [-0.39, 0.29) is 6.04 Å². The molecule has 2 heterocycles. The van der Waals surface area contributed by atoms with Crippen molar-refractivity contribution in [2.75, 3.05) is 6.61 Å². The lowest BCUT2D eigenvalue weighted by atomic mass is 10.1. The second kappa shape index (κ2) is 3.61. The van der Waals surface area contributed by atoms with Crippen LogP contribution < -0.4 is 10.5 Å². The van der Waals surface area contributed by atoms with Crippen molar-refractivity contribution in [1.82, 2.24) is 9.55 Å². The van der Waals surface area contributed by atoms with E-state index < -0.39 is 0 Å². The molecule has 1 aliphatic rings. The number of hydrogen-bond acceptors (Lipinski definition) is 3. The van der Waals surface area contributed by atoms with Crippen molar-refractivity contribution >= 4 is 0 Å². The van der Waals surface area contributed by atoms with Gasteiger partial charge in [-0.2, -0.15) is 0 Å². The van der Waals surface area contributed by atoms with E-state index in [0.717, 1.165) is 43.4 Å². The molecule has 78 valence electrons. The fourth-order valence-corrected chi connectivity index (χ4v) is 2.03. The summed E-state index contributed by atoms with van der Waals surface area (Å²) >= 11 is 0. The predicted octanol–water partition coefficient (Wildman–Crippen LogP) is 1.38. The number of nitrogens with two attached hydrogens (primary N) is 1. The Labute approximate surface area is 84.1 Å². The molecule has 0 bridgehead atoms. The van der Waals surface area contributed by atoms with Crippen LogP contribution in [0.1, 0.15) is 37.2 Å². The molecule has 0 saturated carbocycles. The van der Waals surface area contributed by atoms with Crippen LogP contribution in [0, 0.1) is 6.92 Å². The normalized spacial score (nSPS) is 16.5. The highest BCUT2D eigenvalue weighted by atomic mass is 16.5. The zero-order chi connectivity index (χ0) is 10.1. The van der Waals surface area contributed by atoms with Crippen LogP contribution in [0.5, 0.6) is 6.01 Å². The number of rotatable bonds is 3. The van der Waals surface area contributed by atoms with Crippen LogP contribution in [0.3, 0.4) is 0 Å². The molecule has 1 atom stereocenters. The van der Waals surface area contributed by atoms with Gasteiger partial charge in [0.2, 0.25) is 0 Å². The van der Waals surface area contributed by atoms with E-state index in [2.05, 4.69) is 16.5 Å². The standard InChI is InChI=1S/C10H17N3O/c1-3-4-8(11)9-7(2)12-10-13(9)5-6-14-10/h8H,3-6,11H2,1-2H3. The van der Waals surface area contributed by atoms with Gasteiger partial charge in [0.1, 0.15) is 6.61 Å².